The molecule has 1 atom stereocenters. The van der Waals surface area contributed by atoms with Crippen LogP contribution in [0.2, 0.25) is 0 Å². The molecule has 0 aromatic heterocycles. The molecule has 0 spiro atoms. The maximum Gasteiger partial charge on any atom is 0.223 e. The summed E-state index contributed by atoms with van der Waals surface area (Å²) in [6.07, 6.45) is 0.663. The maximum atomic E-state index is 11.6. The number of carbonyl (C=O) groups excluding carboxylic acids is 1. The zero-order valence-electron chi connectivity index (χ0n) is 9.64. The van der Waals surface area contributed by atoms with Gasteiger partial charge in [0, 0.05) is 18.3 Å². The molecule has 3 nitrogen and oxygen atoms in total. The molecule has 0 N–H and O–H groups in total. The summed E-state index contributed by atoms with van der Waals surface area (Å²) in [5, 5.41) is 0.898. The molecule has 1 aliphatic heterocycles. The minimum atomic E-state index is 0.242. The predicted octanol–water partition coefficient (Wildman–Crippen LogP) is 2.31. The third kappa shape index (κ3) is 3.46. The van der Waals surface area contributed by atoms with Crippen LogP contribution in [0, 0.1) is 5.92 Å². The molecular weight excluding hydrogens is 282 g/mol. The number of ether oxygens (including phenoxy) is 1. The van der Waals surface area contributed by atoms with E-state index in [1.165, 1.54) is 0 Å². The second-order valence-electron chi connectivity index (χ2n) is 4.23. The Morgan fingerprint density at radius 2 is 2.12 bits per heavy atom. The van der Waals surface area contributed by atoms with Gasteiger partial charge in [0.1, 0.15) is 12.4 Å². The van der Waals surface area contributed by atoms with Crippen LogP contribution in [0.4, 0.5) is 0 Å². The number of para-hydroxylation sites is 1. The van der Waals surface area contributed by atoms with Crippen LogP contribution in [0.3, 0.4) is 0 Å². The molecule has 92 valence electrons. The Bertz CT molecular complexity index is 369. The number of alkyl halides is 1. The Morgan fingerprint density at radius 1 is 1.35 bits per heavy atom. The maximum absolute atomic E-state index is 11.6. The van der Waals surface area contributed by atoms with E-state index in [0.29, 0.717) is 25.5 Å². The summed E-state index contributed by atoms with van der Waals surface area (Å²) in [6.45, 7) is 2.09. The Balaban J connectivity index is 1.74. The van der Waals surface area contributed by atoms with Gasteiger partial charge in [-0.2, -0.15) is 0 Å². The van der Waals surface area contributed by atoms with Gasteiger partial charge in [-0.3, -0.25) is 4.79 Å². The number of hydrogen-bond donors (Lipinski definition) is 0. The first-order chi connectivity index (χ1) is 8.29. The van der Waals surface area contributed by atoms with Crippen LogP contribution in [0.5, 0.6) is 5.75 Å². The van der Waals surface area contributed by atoms with Crippen LogP contribution in [-0.2, 0) is 4.79 Å². The number of benzene rings is 1. The summed E-state index contributed by atoms with van der Waals surface area (Å²) >= 11 is 3.43. The summed E-state index contributed by atoms with van der Waals surface area (Å²) < 4.78 is 5.58. The van der Waals surface area contributed by atoms with Gasteiger partial charge in [-0.05, 0) is 18.1 Å². The molecular formula is C13H16BrNO2. The number of halogens is 1. The van der Waals surface area contributed by atoms with E-state index in [4.69, 9.17) is 4.74 Å². The highest BCUT2D eigenvalue weighted by Crippen LogP contribution is 2.19. The van der Waals surface area contributed by atoms with E-state index >= 15 is 0 Å². The molecule has 1 aromatic carbocycles. The SMILES string of the molecule is O=C1CC(CBr)CN1CCOc1ccccc1. The normalized spacial score (nSPS) is 19.7. The lowest BCUT2D eigenvalue weighted by molar-refractivity contribution is -0.128. The third-order valence-corrected chi connectivity index (χ3v) is 3.80. The van der Waals surface area contributed by atoms with E-state index in [0.717, 1.165) is 17.6 Å². The summed E-state index contributed by atoms with van der Waals surface area (Å²) in [5.74, 6) is 1.56. The summed E-state index contributed by atoms with van der Waals surface area (Å²) in [7, 11) is 0. The molecule has 4 heteroatoms. The fourth-order valence-electron chi connectivity index (χ4n) is 1.96. The molecule has 1 unspecified atom stereocenters. The Labute approximate surface area is 110 Å². The average Bonchev–Trinajstić information content (AvgIpc) is 2.72. The molecule has 17 heavy (non-hydrogen) atoms. The van der Waals surface area contributed by atoms with Crippen LogP contribution < -0.4 is 4.74 Å². The predicted molar refractivity (Wildman–Crippen MR) is 70.4 cm³/mol. The largest absolute Gasteiger partial charge is 0.492 e. The van der Waals surface area contributed by atoms with E-state index in [-0.39, 0.29) is 5.91 Å². The molecule has 1 fully saturated rings. The lowest BCUT2D eigenvalue weighted by Gasteiger charge is -2.16. The minimum Gasteiger partial charge on any atom is -0.492 e. The number of rotatable bonds is 5. The number of carbonyl (C=O) groups is 1. The Hall–Kier alpha value is -1.03. The lowest BCUT2D eigenvalue weighted by Crippen LogP contribution is -2.30. The van der Waals surface area contributed by atoms with Gasteiger partial charge in [-0.15, -0.1) is 0 Å². The van der Waals surface area contributed by atoms with Crippen LogP contribution in [-0.4, -0.2) is 35.8 Å². The minimum absolute atomic E-state index is 0.242. The van der Waals surface area contributed by atoms with Crippen LogP contribution in [0.15, 0.2) is 30.3 Å². The van der Waals surface area contributed by atoms with Crippen molar-refractivity contribution in [3.63, 3.8) is 0 Å². The molecule has 0 saturated carbocycles. The first-order valence-electron chi connectivity index (χ1n) is 5.81. The number of hydrogen-bond acceptors (Lipinski definition) is 2. The molecule has 0 aliphatic carbocycles. The standard InChI is InChI=1S/C13H16BrNO2/c14-9-11-8-13(16)15(10-11)6-7-17-12-4-2-1-3-5-12/h1-5,11H,6-10H2. The summed E-state index contributed by atoms with van der Waals surface area (Å²) in [6, 6.07) is 9.69. The molecule has 1 amide bonds. The summed E-state index contributed by atoms with van der Waals surface area (Å²) in [4.78, 5) is 13.5. The zero-order valence-corrected chi connectivity index (χ0v) is 11.2. The van der Waals surface area contributed by atoms with Crippen molar-refractivity contribution in [1.82, 2.24) is 4.90 Å². The molecule has 1 aromatic rings. The van der Waals surface area contributed by atoms with Crippen molar-refractivity contribution in [3.8, 4) is 5.75 Å². The van der Waals surface area contributed by atoms with Gasteiger partial charge < -0.3 is 9.64 Å². The van der Waals surface area contributed by atoms with Crippen molar-refractivity contribution in [3.05, 3.63) is 30.3 Å². The van der Waals surface area contributed by atoms with E-state index in [9.17, 15) is 4.79 Å². The van der Waals surface area contributed by atoms with Crippen LogP contribution in [0.25, 0.3) is 0 Å². The number of likely N-dealkylation sites (tertiary alicyclic amines) is 1. The van der Waals surface area contributed by atoms with E-state index < -0.39 is 0 Å². The van der Waals surface area contributed by atoms with Crippen molar-refractivity contribution < 1.29 is 9.53 Å². The molecule has 1 aliphatic rings. The Kier molecular flexibility index (Phi) is 4.42. The smallest absolute Gasteiger partial charge is 0.223 e. The number of amides is 1. The highest BCUT2D eigenvalue weighted by Gasteiger charge is 2.28. The number of nitrogens with zero attached hydrogens (tertiary/aromatic N) is 1. The van der Waals surface area contributed by atoms with Gasteiger partial charge in [0.25, 0.3) is 0 Å². The van der Waals surface area contributed by atoms with E-state index in [1.54, 1.807) is 0 Å². The lowest BCUT2D eigenvalue weighted by atomic mass is 10.2. The second kappa shape index (κ2) is 6.05. The highest BCUT2D eigenvalue weighted by molar-refractivity contribution is 9.09. The third-order valence-electron chi connectivity index (χ3n) is 2.89. The molecule has 1 heterocycles. The molecule has 0 bridgehead atoms. The molecule has 0 radical (unpaired) electrons. The van der Waals surface area contributed by atoms with Gasteiger partial charge in [-0.1, -0.05) is 34.1 Å². The van der Waals surface area contributed by atoms with E-state index in [1.807, 2.05) is 35.2 Å². The van der Waals surface area contributed by atoms with E-state index in [2.05, 4.69) is 15.9 Å². The highest BCUT2D eigenvalue weighted by atomic mass is 79.9. The monoisotopic (exact) mass is 297 g/mol. The molecule has 2 rings (SSSR count). The fraction of sp³-hybridized carbons (Fsp3) is 0.462. The quantitative estimate of drug-likeness (QED) is 0.781. The molecule has 1 saturated heterocycles. The van der Waals surface area contributed by atoms with Crippen molar-refractivity contribution in [2.75, 3.05) is 25.0 Å². The average molecular weight is 298 g/mol. The first kappa shape index (κ1) is 12.4. The first-order valence-corrected chi connectivity index (χ1v) is 6.93. The van der Waals surface area contributed by atoms with Gasteiger partial charge >= 0.3 is 0 Å². The van der Waals surface area contributed by atoms with Gasteiger partial charge in [0.05, 0.1) is 6.54 Å². The fourth-order valence-corrected chi connectivity index (χ4v) is 2.40. The van der Waals surface area contributed by atoms with Gasteiger partial charge in [0.15, 0.2) is 0 Å². The Morgan fingerprint density at radius 3 is 2.76 bits per heavy atom. The van der Waals surface area contributed by atoms with Crippen molar-refractivity contribution in [2.45, 2.75) is 6.42 Å². The topological polar surface area (TPSA) is 29.5 Å². The second-order valence-corrected chi connectivity index (χ2v) is 4.87. The van der Waals surface area contributed by atoms with Gasteiger partial charge in [-0.25, -0.2) is 0 Å². The zero-order chi connectivity index (χ0) is 12.1. The van der Waals surface area contributed by atoms with Crippen LogP contribution >= 0.6 is 15.9 Å². The summed E-state index contributed by atoms with van der Waals surface area (Å²) in [5.41, 5.74) is 0. The van der Waals surface area contributed by atoms with Crippen molar-refractivity contribution >= 4 is 21.8 Å². The van der Waals surface area contributed by atoms with Gasteiger partial charge in [0.2, 0.25) is 5.91 Å². The van der Waals surface area contributed by atoms with Crippen molar-refractivity contribution in [1.29, 1.82) is 0 Å². The van der Waals surface area contributed by atoms with Crippen LogP contribution in [0.1, 0.15) is 6.42 Å². The van der Waals surface area contributed by atoms with Crippen molar-refractivity contribution in [2.24, 2.45) is 5.92 Å².